The van der Waals surface area contributed by atoms with Gasteiger partial charge in [-0.3, -0.25) is 9.59 Å². The minimum Gasteiger partial charge on any atom is -0.489 e. The summed E-state index contributed by atoms with van der Waals surface area (Å²) in [5.41, 5.74) is 3.32. The third-order valence-corrected chi connectivity index (χ3v) is 6.57. The molecule has 1 heterocycles. The van der Waals surface area contributed by atoms with E-state index in [4.69, 9.17) is 9.84 Å². The lowest BCUT2D eigenvalue weighted by Gasteiger charge is -2.25. The van der Waals surface area contributed by atoms with Crippen LogP contribution >= 0.6 is 0 Å². The van der Waals surface area contributed by atoms with Gasteiger partial charge in [0.2, 0.25) is 0 Å². The summed E-state index contributed by atoms with van der Waals surface area (Å²) in [5, 5.41) is 11.3. The van der Waals surface area contributed by atoms with Gasteiger partial charge in [-0.25, -0.2) is 0 Å². The van der Waals surface area contributed by atoms with Crippen molar-refractivity contribution in [3.63, 3.8) is 0 Å². The van der Waals surface area contributed by atoms with Crippen molar-refractivity contribution in [3.05, 3.63) is 76.9 Å². The summed E-state index contributed by atoms with van der Waals surface area (Å²) in [7, 11) is 0. The van der Waals surface area contributed by atoms with Crippen LogP contribution in [0.4, 0.5) is 13.2 Å². The van der Waals surface area contributed by atoms with Gasteiger partial charge in [0.15, 0.2) is 0 Å². The fraction of sp³-hybridized carbons (Fsp3) is 0.333. The van der Waals surface area contributed by atoms with Gasteiger partial charge in [-0.05, 0) is 54.3 Å². The molecule has 2 aliphatic rings. The van der Waals surface area contributed by atoms with Crippen LogP contribution in [0.25, 0.3) is 11.1 Å². The quantitative estimate of drug-likeness (QED) is 0.555. The molecule has 35 heavy (non-hydrogen) atoms. The number of carbonyl (C=O) groups is 2. The maximum Gasteiger partial charge on any atom is 0.416 e. The Kier molecular flexibility index (Phi) is 6.74. The molecule has 184 valence electrons. The molecular formula is C27H26F3NO4. The number of carbonyl (C=O) groups excluding carboxylic acids is 1. The molecule has 0 spiro atoms. The lowest BCUT2D eigenvalue weighted by Crippen LogP contribution is -2.30. The molecule has 3 unspecified atom stereocenters. The first-order valence-corrected chi connectivity index (χ1v) is 11.4. The number of hydrogen-bond acceptors (Lipinski definition) is 3. The van der Waals surface area contributed by atoms with Crippen molar-refractivity contribution in [2.45, 2.75) is 44.9 Å². The Balaban J connectivity index is 1.46. The summed E-state index contributed by atoms with van der Waals surface area (Å²) in [4.78, 5) is 22.8. The molecule has 0 bridgehead atoms. The molecule has 0 saturated carbocycles. The van der Waals surface area contributed by atoms with Gasteiger partial charge < -0.3 is 15.2 Å². The average Bonchev–Trinajstić information content (AvgIpc) is 3.13. The van der Waals surface area contributed by atoms with Crippen LogP contribution in [0, 0.1) is 12.8 Å². The van der Waals surface area contributed by atoms with Crippen molar-refractivity contribution in [2.75, 3.05) is 6.54 Å². The van der Waals surface area contributed by atoms with Crippen LogP contribution in [-0.4, -0.2) is 29.6 Å². The first kappa shape index (κ1) is 24.6. The minimum atomic E-state index is -4.37. The van der Waals surface area contributed by atoms with E-state index in [0.717, 1.165) is 34.6 Å². The Morgan fingerprint density at radius 3 is 2.49 bits per heavy atom. The van der Waals surface area contributed by atoms with E-state index >= 15 is 0 Å². The summed E-state index contributed by atoms with van der Waals surface area (Å²) in [6.45, 7) is 4.04. The molecule has 2 aromatic carbocycles. The van der Waals surface area contributed by atoms with E-state index in [2.05, 4.69) is 12.2 Å². The fourth-order valence-corrected chi connectivity index (χ4v) is 4.62. The number of benzene rings is 2. The van der Waals surface area contributed by atoms with Crippen molar-refractivity contribution >= 4 is 11.9 Å². The smallest absolute Gasteiger partial charge is 0.416 e. The number of rotatable bonds is 6. The Hall–Kier alpha value is -3.55. The number of carboxylic acids is 1. The summed E-state index contributed by atoms with van der Waals surface area (Å²) in [5.74, 6) is -0.413. The van der Waals surface area contributed by atoms with Crippen LogP contribution in [0.15, 0.2) is 60.2 Å². The third-order valence-electron chi connectivity index (χ3n) is 6.57. The van der Waals surface area contributed by atoms with E-state index in [1.54, 1.807) is 6.08 Å². The maximum absolute atomic E-state index is 12.9. The molecule has 0 radical (unpaired) electrons. The number of aryl methyl sites for hydroxylation is 1. The van der Waals surface area contributed by atoms with Crippen LogP contribution < -0.4 is 10.1 Å². The van der Waals surface area contributed by atoms with E-state index in [0.29, 0.717) is 17.6 Å². The van der Waals surface area contributed by atoms with E-state index in [-0.39, 0.29) is 36.8 Å². The van der Waals surface area contributed by atoms with Crippen molar-refractivity contribution in [2.24, 2.45) is 5.92 Å². The number of aliphatic carboxylic acids is 1. The van der Waals surface area contributed by atoms with E-state index < -0.39 is 17.7 Å². The molecule has 8 heteroatoms. The first-order valence-electron chi connectivity index (χ1n) is 11.4. The topological polar surface area (TPSA) is 75.6 Å². The molecule has 4 rings (SSSR count). The number of amides is 1. The summed E-state index contributed by atoms with van der Waals surface area (Å²) in [6.07, 6.45) is 1.47. The van der Waals surface area contributed by atoms with Gasteiger partial charge in [-0.2, -0.15) is 13.2 Å². The van der Waals surface area contributed by atoms with Gasteiger partial charge in [0.1, 0.15) is 11.9 Å². The van der Waals surface area contributed by atoms with Gasteiger partial charge in [-0.1, -0.05) is 37.3 Å². The standard InChI is InChI=1S/C27H26F3NO4/c1-15-13-23-22(14-21(15)17-7-9-20(10-8-17)27(28,29)30)16(2)25(35-23)18-3-5-19(6-4-18)26(34)31-12-11-24(32)33/h3,5-10,13-14,16,18,25H,4,11-12H2,1-2H3,(H,31,34)(H,32,33). The highest BCUT2D eigenvalue weighted by molar-refractivity contribution is 5.96. The van der Waals surface area contributed by atoms with Gasteiger partial charge in [0.05, 0.1) is 12.0 Å². The molecule has 2 aromatic rings. The van der Waals surface area contributed by atoms with Crippen molar-refractivity contribution in [1.29, 1.82) is 0 Å². The third kappa shape index (κ3) is 5.26. The molecule has 1 aliphatic carbocycles. The Morgan fingerprint density at radius 1 is 1.17 bits per heavy atom. The molecule has 1 amide bonds. The van der Waals surface area contributed by atoms with Crippen LogP contribution in [0.1, 0.15) is 42.4 Å². The van der Waals surface area contributed by atoms with Gasteiger partial charge in [-0.15, -0.1) is 0 Å². The zero-order valence-corrected chi connectivity index (χ0v) is 19.4. The number of carboxylic acid groups (broad SMARTS) is 1. The fourth-order valence-electron chi connectivity index (χ4n) is 4.62. The van der Waals surface area contributed by atoms with Crippen molar-refractivity contribution in [3.8, 4) is 16.9 Å². The summed E-state index contributed by atoms with van der Waals surface area (Å²) >= 11 is 0. The van der Waals surface area contributed by atoms with Crippen LogP contribution in [-0.2, 0) is 15.8 Å². The zero-order chi connectivity index (χ0) is 25.3. The number of alkyl halides is 3. The highest BCUT2D eigenvalue weighted by Gasteiger charge is 2.37. The number of fused-ring (bicyclic) bond motifs is 1. The number of allylic oxidation sites excluding steroid dienone is 1. The number of nitrogens with one attached hydrogen (secondary N) is 1. The molecule has 1 aliphatic heterocycles. The zero-order valence-electron chi connectivity index (χ0n) is 19.4. The van der Waals surface area contributed by atoms with E-state index in [1.165, 1.54) is 12.1 Å². The largest absolute Gasteiger partial charge is 0.489 e. The highest BCUT2D eigenvalue weighted by Crippen LogP contribution is 2.45. The molecule has 2 N–H and O–H groups in total. The van der Waals surface area contributed by atoms with Crippen LogP contribution in [0.3, 0.4) is 0 Å². The number of ether oxygens (including phenoxy) is 1. The Bertz CT molecular complexity index is 1200. The maximum atomic E-state index is 12.9. The molecular weight excluding hydrogens is 459 g/mol. The normalized spacial score (nSPS) is 21.2. The molecule has 3 atom stereocenters. The van der Waals surface area contributed by atoms with E-state index in [9.17, 15) is 22.8 Å². The van der Waals surface area contributed by atoms with Crippen molar-refractivity contribution < 1.29 is 32.6 Å². The van der Waals surface area contributed by atoms with Crippen LogP contribution in [0.5, 0.6) is 5.75 Å². The molecule has 0 aromatic heterocycles. The lowest BCUT2D eigenvalue weighted by atomic mass is 9.83. The summed E-state index contributed by atoms with van der Waals surface area (Å²) < 4.78 is 45.1. The second kappa shape index (κ2) is 9.60. The second-order valence-corrected chi connectivity index (χ2v) is 8.97. The first-order chi connectivity index (χ1) is 16.5. The predicted octanol–water partition coefficient (Wildman–Crippen LogP) is 5.64. The number of hydrogen-bond donors (Lipinski definition) is 2. The van der Waals surface area contributed by atoms with Gasteiger partial charge in [0, 0.05) is 29.5 Å². The summed E-state index contributed by atoms with van der Waals surface area (Å²) in [6, 6.07) is 9.11. The Labute approximate surface area is 201 Å². The Morgan fingerprint density at radius 2 is 1.89 bits per heavy atom. The highest BCUT2D eigenvalue weighted by atomic mass is 19.4. The second-order valence-electron chi connectivity index (χ2n) is 8.97. The van der Waals surface area contributed by atoms with Crippen LogP contribution in [0.2, 0.25) is 0 Å². The minimum absolute atomic E-state index is 0.0443. The SMILES string of the molecule is Cc1cc2c(cc1-c1ccc(C(F)(F)F)cc1)C(C)C(C1C=CC(C(=O)NCCC(=O)O)=CC1)O2. The molecule has 0 fully saturated rings. The van der Waals surface area contributed by atoms with Crippen molar-refractivity contribution in [1.82, 2.24) is 5.32 Å². The molecule has 5 nitrogen and oxygen atoms in total. The average molecular weight is 486 g/mol. The predicted molar refractivity (Wildman–Crippen MR) is 125 cm³/mol. The monoisotopic (exact) mass is 485 g/mol. The lowest BCUT2D eigenvalue weighted by molar-refractivity contribution is -0.138. The van der Waals surface area contributed by atoms with Gasteiger partial charge in [0.25, 0.3) is 5.91 Å². The van der Waals surface area contributed by atoms with E-state index in [1.807, 2.05) is 31.2 Å². The number of halogens is 3. The van der Waals surface area contributed by atoms with Gasteiger partial charge >= 0.3 is 12.1 Å². The molecule has 0 saturated heterocycles.